The summed E-state index contributed by atoms with van der Waals surface area (Å²) in [6, 6.07) is 0. The predicted octanol–water partition coefficient (Wildman–Crippen LogP) is 0.304. The van der Waals surface area contributed by atoms with Gasteiger partial charge in [0.15, 0.2) is 5.82 Å². The molecule has 0 atom stereocenters. The fourth-order valence-corrected chi connectivity index (χ4v) is 1.98. The lowest BCUT2D eigenvalue weighted by Crippen LogP contribution is -2.12. The van der Waals surface area contributed by atoms with E-state index in [0.29, 0.717) is 37.0 Å². The maximum atomic E-state index is 11.0. The number of nitrogen functional groups attached to an aromatic ring is 1. The smallest absolute Gasteiger partial charge is 0.242 e. The summed E-state index contributed by atoms with van der Waals surface area (Å²) in [7, 11) is -2.93. The van der Waals surface area contributed by atoms with Crippen molar-refractivity contribution < 1.29 is 13.2 Å². The van der Waals surface area contributed by atoms with Crippen molar-refractivity contribution in [3.8, 4) is 5.88 Å². The van der Waals surface area contributed by atoms with Crippen molar-refractivity contribution in [3.63, 3.8) is 0 Å². The topological polar surface area (TPSA) is 107 Å². The minimum atomic E-state index is -2.93. The zero-order chi connectivity index (χ0) is 13.6. The molecule has 1 aromatic rings. The van der Waals surface area contributed by atoms with E-state index in [1.54, 1.807) is 0 Å². The van der Waals surface area contributed by atoms with Gasteiger partial charge in [0.1, 0.15) is 21.9 Å². The van der Waals surface area contributed by atoms with Gasteiger partial charge in [-0.2, -0.15) is 4.98 Å². The first-order valence-corrected chi connectivity index (χ1v) is 7.65. The van der Waals surface area contributed by atoms with Crippen molar-refractivity contribution in [2.24, 2.45) is 0 Å². The number of nitrogens with one attached hydrogen (secondary N) is 1. The minimum absolute atomic E-state index is 0.128. The SMILES string of the molecule is CCOc1ncnc(NCCCS(C)(=O)=O)c1N. The molecule has 0 aliphatic carbocycles. The van der Waals surface area contributed by atoms with Gasteiger partial charge in [-0.3, -0.25) is 0 Å². The Kier molecular flexibility index (Phi) is 5.14. The predicted molar refractivity (Wildman–Crippen MR) is 70.4 cm³/mol. The molecule has 0 aliphatic rings. The van der Waals surface area contributed by atoms with Gasteiger partial charge >= 0.3 is 0 Å². The van der Waals surface area contributed by atoms with Crippen molar-refractivity contribution >= 4 is 21.3 Å². The average molecular weight is 274 g/mol. The Balaban J connectivity index is 2.55. The second-order valence-corrected chi connectivity index (χ2v) is 6.04. The summed E-state index contributed by atoms with van der Waals surface area (Å²) >= 11 is 0. The summed E-state index contributed by atoms with van der Waals surface area (Å²) in [5.41, 5.74) is 6.14. The first-order valence-electron chi connectivity index (χ1n) is 5.59. The molecule has 0 aliphatic heterocycles. The molecule has 0 aromatic carbocycles. The number of hydrogen-bond donors (Lipinski definition) is 2. The molecule has 1 rings (SSSR count). The average Bonchev–Trinajstić information content (AvgIpc) is 2.28. The summed E-state index contributed by atoms with van der Waals surface area (Å²) in [6.45, 7) is 2.77. The minimum Gasteiger partial charge on any atom is -0.476 e. The van der Waals surface area contributed by atoms with Crippen LogP contribution in [0.25, 0.3) is 0 Å². The van der Waals surface area contributed by atoms with E-state index in [-0.39, 0.29) is 5.75 Å². The van der Waals surface area contributed by atoms with Crippen LogP contribution in [0.5, 0.6) is 5.88 Å². The Bertz CT molecular complexity index is 490. The highest BCUT2D eigenvalue weighted by molar-refractivity contribution is 7.90. The van der Waals surface area contributed by atoms with Gasteiger partial charge in [0.25, 0.3) is 0 Å². The zero-order valence-electron chi connectivity index (χ0n) is 10.5. The Hall–Kier alpha value is -1.57. The van der Waals surface area contributed by atoms with Gasteiger partial charge in [-0.05, 0) is 13.3 Å². The summed E-state index contributed by atoms with van der Waals surface area (Å²) in [4.78, 5) is 7.88. The van der Waals surface area contributed by atoms with Crippen molar-refractivity contribution in [2.45, 2.75) is 13.3 Å². The van der Waals surface area contributed by atoms with Gasteiger partial charge in [0.2, 0.25) is 5.88 Å². The molecule has 18 heavy (non-hydrogen) atoms. The van der Waals surface area contributed by atoms with Gasteiger partial charge in [0, 0.05) is 12.8 Å². The van der Waals surface area contributed by atoms with E-state index < -0.39 is 9.84 Å². The normalized spacial score (nSPS) is 11.2. The molecule has 0 unspecified atom stereocenters. The fourth-order valence-electron chi connectivity index (χ4n) is 1.31. The number of anilines is 2. The molecule has 8 heteroatoms. The highest BCUT2D eigenvalue weighted by atomic mass is 32.2. The van der Waals surface area contributed by atoms with E-state index in [1.165, 1.54) is 12.6 Å². The monoisotopic (exact) mass is 274 g/mol. The molecule has 3 N–H and O–H groups in total. The molecule has 0 fully saturated rings. The van der Waals surface area contributed by atoms with Crippen LogP contribution in [0, 0.1) is 0 Å². The van der Waals surface area contributed by atoms with Crippen LogP contribution < -0.4 is 15.8 Å². The Morgan fingerprint density at radius 2 is 2.17 bits per heavy atom. The summed E-state index contributed by atoms with van der Waals surface area (Å²) < 4.78 is 27.1. The van der Waals surface area contributed by atoms with E-state index in [1.807, 2.05) is 6.92 Å². The highest BCUT2D eigenvalue weighted by Gasteiger charge is 2.08. The van der Waals surface area contributed by atoms with Crippen molar-refractivity contribution in [1.29, 1.82) is 0 Å². The maximum absolute atomic E-state index is 11.0. The molecule has 0 saturated heterocycles. The van der Waals surface area contributed by atoms with E-state index in [9.17, 15) is 8.42 Å². The third-order valence-corrected chi connectivity index (χ3v) is 3.14. The van der Waals surface area contributed by atoms with E-state index in [0.717, 1.165) is 0 Å². The number of hydrogen-bond acceptors (Lipinski definition) is 7. The molecular formula is C10H18N4O3S. The third kappa shape index (κ3) is 4.74. The molecule has 0 spiro atoms. The van der Waals surface area contributed by atoms with E-state index >= 15 is 0 Å². The zero-order valence-corrected chi connectivity index (χ0v) is 11.3. The molecule has 0 bridgehead atoms. The van der Waals surface area contributed by atoms with Crippen LogP contribution in [0.3, 0.4) is 0 Å². The quantitative estimate of drug-likeness (QED) is 0.689. The lowest BCUT2D eigenvalue weighted by atomic mass is 10.4. The molecule has 0 radical (unpaired) electrons. The second-order valence-electron chi connectivity index (χ2n) is 3.78. The largest absolute Gasteiger partial charge is 0.476 e. The van der Waals surface area contributed by atoms with Crippen LogP contribution in [0.4, 0.5) is 11.5 Å². The van der Waals surface area contributed by atoms with Gasteiger partial charge < -0.3 is 15.8 Å². The molecule has 1 aromatic heterocycles. The fraction of sp³-hybridized carbons (Fsp3) is 0.600. The molecule has 0 amide bonds. The lowest BCUT2D eigenvalue weighted by molar-refractivity contribution is 0.328. The van der Waals surface area contributed by atoms with Crippen molar-refractivity contribution in [1.82, 2.24) is 9.97 Å². The summed E-state index contributed by atoms with van der Waals surface area (Å²) in [6.07, 6.45) is 3.05. The highest BCUT2D eigenvalue weighted by Crippen LogP contribution is 2.24. The van der Waals surface area contributed by atoms with Crippen molar-refractivity contribution in [3.05, 3.63) is 6.33 Å². The Morgan fingerprint density at radius 1 is 1.44 bits per heavy atom. The number of nitrogens with zero attached hydrogens (tertiary/aromatic N) is 2. The summed E-state index contributed by atoms with van der Waals surface area (Å²) in [5.74, 6) is 0.920. The van der Waals surface area contributed by atoms with Crippen LogP contribution >= 0.6 is 0 Å². The first-order chi connectivity index (χ1) is 8.44. The second kappa shape index (κ2) is 6.39. The maximum Gasteiger partial charge on any atom is 0.242 e. The van der Waals surface area contributed by atoms with Crippen LogP contribution in [0.2, 0.25) is 0 Å². The van der Waals surface area contributed by atoms with Crippen LogP contribution in [-0.2, 0) is 9.84 Å². The number of nitrogens with two attached hydrogens (primary N) is 1. The summed E-state index contributed by atoms with van der Waals surface area (Å²) in [5, 5.41) is 2.96. The van der Waals surface area contributed by atoms with Gasteiger partial charge in [0.05, 0.1) is 12.4 Å². The van der Waals surface area contributed by atoms with Gasteiger partial charge in [-0.15, -0.1) is 0 Å². The third-order valence-electron chi connectivity index (χ3n) is 2.11. The van der Waals surface area contributed by atoms with Crippen LogP contribution in [-0.4, -0.2) is 43.5 Å². The van der Waals surface area contributed by atoms with Gasteiger partial charge in [-0.1, -0.05) is 0 Å². The molecule has 102 valence electrons. The molecule has 7 nitrogen and oxygen atoms in total. The van der Waals surface area contributed by atoms with E-state index in [4.69, 9.17) is 10.5 Å². The molecule has 1 heterocycles. The van der Waals surface area contributed by atoms with Gasteiger partial charge in [-0.25, -0.2) is 13.4 Å². The van der Waals surface area contributed by atoms with Crippen LogP contribution in [0.1, 0.15) is 13.3 Å². The lowest BCUT2D eigenvalue weighted by Gasteiger charge is -2.10. The van der Waals surface area contributed by atoms with Crippen molar-refractivity contribution in [2.75, 3.05) is 36.2 Å². The molecular weight excluding hydrogens is 256 g/mol. The number of rotatable bonds is 7. The molecule has 0 saturated carbocycles. The Morgan fingerprint density at radius 3 is 2.78 bits per heavy atom. The number of ether oxygens (including phenoxy) is 1. The van der Waals surface area contributed by atoms with Crippen LogP contribution in [0.15, 0.2) is 6.33 Å². The standard InChI is InChI=1S/C10H18N4O3S/c1-3-17-10-8(11)9(13-7-14-10)12-5-4-6-18(2,15)16/h7H,3-6,11H2,1-2H3,(H,12,13,14). The Labute approximate surface area is 107 Å². The first kappa shape index (κ1) is 14.5. The van der Waals surface area contributed by atoms with E-state index in [2.05, 4.69) is 15.3 Å². The number of aromatic nitrogens is 2. The number of sulfone groups is 1.